The fourth-order valence-corrected chi connectivity index (χ4v) is 4.28. The largest absolute Gasteiger partial charge is 0.473 e. The summed E-state index contributed by atoms with van der Waals surface area (Å²) in [5, 5.41) is 0. The highest BCUT2D eigenvalue weighted by Gasteiger charge is 2.27. The molecule has 6 nitrogen and oxygen atoms in total. The number of hydrogen-bond donors (Lipinski definition) is 0. The lowest BCUT2D eigenvalue weighted by Gasteiger charge is -2.35. The quantitative estimate of drug-likeness (QED) is 0.735. The molecule has 0 N–H and O–H groups in total. The second-order valence-corrected chi connectivity index (χ2v) is 8.18. The summed E-state index contributed by atoms with van der Waals surface area (Å²) in [6.45, 7) is 2.77. The Labute approximate surface area is 177 Å². The van der Waals surface area contributed by atoms with Crippen molar-refractivity contribution in [2.24, 2.45) is 5.92 Å². The molecule has 1 aromatic heterocycles. The van der Waals surface area contributed by atoms with E-state index >= 15 is 0 Å². The minimum atomic E-state index is -0.0372. The van der Waals surface area contributed by atoms with Gasteiger partial charge in [-0.2, -0.15) is 0 Å². The van der Waals surface area contributed by atoms with E-state index in [1.54, 1.807) is 18.3 Å². The zero-order chi connectivity index (χ0) is 20.8. The first-order chi connectivity index (χ1) is 14.7. The third kappa shape index (κ3) is 5.17. The maximum absolute atomic E-state index is 12.9. The van der Waals surface area contributed by atoms with Crippen LogP contribution >= 0.6 is 0 Å². The maximum atomic E-state index is 12.9. The molecule has 1 aliphatic heterocycles. The van der Waals surface area contributed by atoms with Gasteiger partial charge in [0, 0.05) is 50.4 Å². The zero-order valence-corrected chi connectivity index (χ0v) is 17.3. The number of benzene rings is 1. The molecule has 0 unspecified atom stereocenters. The molecule has 1 aliphatic carbocycles. The van der Waals surface area contributed by atoms with E-state index in [9.17, 15) is 9.59 Å². The summed E-state index contributed by atoms with van der Waals surface area (Å²) in [7, 11) is 0. The van der Waals surface area contributed by atoms with Crippen molar-refractivity contribution in [1.29, 1.82) is 0 Å². The normalized spacial score (nSPS) is 17.2. The van der Waals surface area contributed by atoms with E-state index in [1.165, 1.54) is 25.7 Å². The standard InChI is InChI=1S/C24H29N3O3/c28-23(16-19-6-4-5-7-19)26-12-14-27(15-13-26)24(29)21-10-11-25-22(17-21)30-18-20-8-2-1-3-9-20/h1-3,8-11,17,19H,4-7,12-16,18H2. The Balaban J connectivity index is 1.29. The smallest absolute Gasteiger partial charge is 0.254 e. The van der Waals surface area contributed by atoms with Gasteiger partial charge < -0.3 is 14.5 Å². The minimum absolute atomic E-state index is 0.0372. The van der Waals surface area contributed by atoms with Gasteiger partial charge in [0.15, 0.2) is 0 Å². The molecule has 158 valence electrons. The van der Waals surface area contributed by atoms with Crippen molar-refractivity contribution >= 4 is 11.8 Å². The first-order valence-corrected chi connectivity index (χ1v) is 10.9. The predicted molar refractivity (Wildman–Crippen MR) is 114 cm³/mol. The molecular formula is C24H29N3O3. The second kappa shape index (κ2) is 9.74. The van der Waals surface area contributed by atoms with E-state index in [2.05, 4.69) is 4.98 Å². The number of hydrogen-bond acceptors (Lipinski definition) is 4. The van der Waals surface area contributed by atoms with Crippen molar-refractivity contribution in [3.63, 3.8) is 0 Å². The van der Waals surface area contributed by atoms with Gasteiger partial charge >= 0.3 is 0 Å². The van der Waals surface area contributed by atoms with Crippen molar-refractivity contribution in [3.8, 4) is 5.88 Å². The van der Waals surface area contributed by atoms with Gasteiger partial charge in [-0.05, 0) is 30.4 Å². The van der Waals surface area contributed by atoms with Gasteiger partial charge in [0.2, 0.25) is 11.8 Å². The van der Waals surface area contributed by atoms with Crippen LogP contribution in [0.25, 0.3) is 0 Å². The Morgan fingerprint density at radius 2 is 1.67 bits per heavy atom. The lowest BCUT2D eigenvalue weighted by atomic mass is 10.0. The molecule has 2 aliphatic rings. The van der Waals surface area contributed by atoms with Crippen LogP contribution in [0.3, 0.4) is 0 Å². The van der Waals surface area contributed by atoms with E-state index in [-0.39, 0.29) is 11.8 Å². The summed E-state index contributed by atoms with van der Waals surface area (Å²) in [5.74, 6) is 1.21. The Morgan fingerprint density at radius 3 is 2.40 bits per heavy atom. The summed E-state index contributed by atoms with van der Waals surface area (Å²) in [6, 6.07) is 13.3. The van der Waals surface area contributed by atoms with Gasteiger partial charge in [-0.3, -0.25) is 9.59 Å². The van der Waals surface area contributed by atoms with Crippen LogP contribution in [0, 0.1) is 5.92 Å². The SMILES string of the molecule is O=C(CC1CCCC1)N1CCN(C(=O)c2ccnc(OCc3ccccc3)c2)CC1. The third-order valence-electron chi connectivity index (χ3n) is 6.07. The van der Waals surface area contributed by atoms with Crippen LogP contribution in [-0.2, 0) is 11.4 Å². The summed E-state index contributed by atoms with van der Waals surface area (Å²) in [4.78, 5) is 33.4. The molecule has 2 heterocycles. The van der Waals surface area contributed by atoms with Gasteiger partial charge in [0.05, 0.1) is 0 Å². The molecule has 2 aromatic rings. The van der Waals surface area contributed by atoms with Gasteiger partial charge in [0.1, 0.15) is 6.61 Å². The predicted octanol–water partition coefficient (Wildman–Crippen LogP) is 3.53. The monoisotopic (exact) mass is 407 g/mol. The van der Waals surface area contributed by atoms with Crippen LogP contribution in [0.4, 0.5) is 0 Å². The summed E-state index contributed by atoms with van der Waals surface area (Å²) >= 11 is 0. The highest BCUT2D eigenvalue weighted by atomic mass is 16.5. The second-order valence-electron chi connectivity index (χ2n) is 8.18. The van der Waals surface area contributed by atoms with Crippen molar-refractivity contribution < 1.29 is 14.3 Å². The van der Waals surface area contributed by atoms with E-state index in [0.717, 1.165) is 5.56 Å². The van der Waals surface area contributed by atoms with Crippen molar-refractivity contribution in [2.45, 2.75) is 38.7 Å². The topological polar surface area (TPSA) is 62.7 Å². The Hall–Kier alpha value is -2.89. The molecule has 1 saturated heterocycles. The van der Waals surface area contributed by atoms with Crippen LogP contribution in [0.15, 0.2) is 48.7 Å². The molecule has 0 bridgehead atoms. The van der Waals surface area contributed by atoms with E-state index in [4.69, 9.17) is 4.74 Å². The first kappa shape index (κ1) is 20.4. The van der Waals surface area contributed by atoms with Gasteiger partial charge in [-0.1, -0.05) is 43.2 Å². The van der Waals surface area contributed by atoms with Crippen LogP contribution in [-0.4, -0.2) is 52.8 Å². The number of ether oxygens (including phenoxy) is 1. The third-order valence-corrected chi connectivity index (χ3v) is 6.07. The molecule has 2 amide bonds. The number of carbonyl (C=O) groups is 2. The molecule has 0 spiro atoms. The molecule has 2 fully saturated rings. The Morgan fingerprint density at radius 1 is 0.967 bits per heavy atom. The summed E-state index contributed by atoms with van der Waals surface area (Å²) < 4.78 is 5.75. The highest BCUT2D eigenvalue weighted by Crippen LogP contribution is 2.28. The molecule has 6 heteroatoms. The number of pyridine rings is 1. The number of rotatable bonds is 6. The molecular weight excluding hydrogens is 378 g/mol. The molecule has 30 heavy (non-hydrogen) atoms. The van der Waals surface area contributed by atoms with Crippen LogP contribution in [0.1, 0.15) is 48.0 Å². The number of amides is 2. The van der Waals surface area contributed by atoms with Crippen LogP contribution in [0.2, 0.25) is 0 Å². The fourth-order valence-electron chi connectivity index (χ4n) is 4.28. The van der Waals surface area contributed by atoms with Crippen LogP contribution in [0.5, 0.6) is 5.88 Å². The molecule has 0 atom stereocenters. The van der Waals surface area contributed by atoms with E-state index in [0.29, 0.717) is 56.6 Å². The maximum Gasteiger partial charge on any atom is 0.254 e. The Bertz CT molecular complexity index is 857. The molecule has 4 rings (SSSR count). The fraction of sp³-hybridized carbons (Fsp3) is 0.458. The number of nitrogens with zero attached hydrogens (tertiary/aromatic N) is 3. The number of aromatic nitrogens is 1. The molecule has 1 aromatic carbocycles. The van der Waals surface area contributed by atoms with Gasteiger partial charge in [0.25, 0.3) is 5.91 Å². The van der Waals surface area contributed by atoms with Crippen molar-refractivity contribution in [3.05, 3.63) is 59.8 Å². The lowest BCUT2D eigenvalue weighted by Crippen LogP contribution is -2.50. The van der Waals surface area contributed by atoms with Crippen molar-refractivity contribution in [2.75, 3.05) is 26.2 Å². The van der Waals surface area contributed by atoms with Gasteiger partial charge in [-0.15, -0.1) is 0 Å². The average molecular weight is 408 g/mol. The first-order valence-electron chi connectivity index (χ1n) is 10.9. The van der Waals surface area contributed by atoms with Gasteiger partial charge in [-0.25, -0.2) is 4.98 Å². The number of piperazine rings is 1. The zero-order valence-electron chi connectivity index (χ0n) is 17.3. The van der Waals surface area contributed by atoms with Crippen LogP contribution < -0.4 is 4.74 Å². The van der Waals surface area contributed by atoms with Crippen molar-refractivity contribution in [1.82, 2.24) is 14.8 Å². The summed E-state index contributed by atoms with van der Waals surface area (Å²) in [6.07, 6.45) is 7.14. The Kier molecular flexibility index (Phi) is 6.62. The molecule has 1 saturated carbocycles. The molecule has 0 radical (unpaired) electrons. The summed E-state index contributed by atoms with van der Waals surface area (Å²) in [5.41, 5.74) is 1.62. The lowest BCUT2D eigenvalue weighted by molar-refractivity contribution is -0.133. The average Bonchev–Trinajstić information content (AvgIpc) is 3.31. The van der Waals surface area contributed by atoms with E-state index < -0.39 is 0 Å². The minimum Gasteiger partial charge on any atom is -0.473 e. The van der Waals surface area contributed by atoms with E-state index in [1.807, 2.05) is 40.1 Å². The highest BCUT2D eigenvalue weighted by molar-refractivity contribution is 5.94. The number of carbonyl (C=O) groups excluding carboxylic acids is 2.